The van der Waals surface area contributed by atoms with Gasteiger partial charge in [-0.15, -0.1) is 0 Å². The standard InChI is InChI=1S/C57H103NO5Si2/c1-15-56(59)58-57(14,52-34-38-54(39-35-52)60-42-30-26-22-18-16-20-24-28-32-44-62-64(46(2)3,47(4)5)48(6)7)53-36-40-55(41-37-53)61-43-31-27-23-19-17-21-25-29-33-45-63-65(49(8)9,50(10)11)51(12)13/h34-41,46-51H,15-33,42-45H2,1-14H3,(H,58,59). The van der Waals surface area contributed by atoms with Crippen LogP contribution < -0.4 is 14.8 Å². The van der Waals surface area contributed by atoms with E-state index in [4.69, 9.17) is 18.3 Å². The summed E-state index contributed by atoms with van der Waals surface area (Å²) in [7, 11) is -3.45. The minimum absolute atomic E-state index is 0.0213. The van der Waals surface area contributed by atoms with E-state index in [1.165, 1.54) is 103 Å². The normalized spacial score (nSPS) is 12.7. The van der Waals surface area contributed by atoms with Crippen molar-refractivity contribution in [3.05, 3.63) is 59.7 Å². The summed E-state index contributed by atoms with van der Waals surface area (Å²) in [6, 6.07) is 16.5. The van der Waals surface area contributed by atoms with Crippen LogP contribution in [0, 0.1) is 0 Å². The largest absolute Gasteiger partial charge is 0.494 e. The molecule has 8 heteroatoms. The van der Waals surface area contributed by atoms with Gasteiger partial charge in [-0.05, 0) is 101 Å². The highest BCUT2D eigenvalue weighted by atomic mass is 28.4. The third kappa shape index (κ3) is 19.4. The van der Waals surface area contributed by atoms with Crippen molar-refractivity contribution >= 4 is 22.5 Å². The molecule has 1 N–H and O–H groups in total. The molecule has 374 valence electrons. The maximum absolute atomic E-state index is 12.8. The number of hydrogen-bond donors (Lipinski definition) is 1. The first-order valence-corrected chi connectivity index (χ1v) is 31.3. The number of hydrogen-bond acceptors (Lipinski definition) is 5. The molecule has 0 radical (unpaired) electrons. The van der Waals surface area contributed by atoms with Crippen LogP contribution in [0.3, 0.4) is 0 Å². The summed E-state index contributed by atoms with van der Waals surface area (Å²) < 4.78 is 25.8. The van der Waals surface area contributed by atoms with Crippen molar-refractivity contribution in [1.82, 2.24) is 5.32 Å². The van der Waals surface area contributed by atoms with Gasteiger partial charge in [0.15, 0.2) is 16.6 Å². The van der Waals surface area contributed by atoms with E-state index >= 15 is 0 Å². The van der Waals surface area contributed by atoms with Crippen molar-refractivity contribution < 1.29 is 23.1 Å². The Kier molecular flexibility index (Phi) is 28.9. The van der Waals surface area contributed by atoms with Gasteiger partial charge in [0.1, 0.15) is 11.5 Å². The molecule has 2 rings (SSSR count). The Morgan fingerprint density at radius 3 is 0.923 bits per heavy atom. The third-order valence-electron chi connectivity index (χ3n) is 14.8. The summed E-state index contributed by atoms with van der Waals surface area (Å²) in [5, 5.41) is 3.30. The number of benzene rings is 2. The van der Waals surface area contributed by atoms with Crippen molar-refractivity contribution in [3.8, 4) is 11.5 Å². The second-order valence-electron chi connectivity index (χ2n) is 21.5. The van der Waals surface area contributed by atoms with Gasteiger partial charge in [-0.1, -0.05) is 204 Å². The molecule has 0 saturated carbocycles. The summed E-state index contributed by atoms with van der Waals surface area (Å²) in [6.45, 7) is 35.8. The number of amides is 1. The first kappa shape index (κ1) is 59.0. The monoisotopic (exact) mass is 938 g/mol. The maximum Gasteiger partial charge on any atom is 0.220 e. The Hall–Kier alpha value is -2.14. The molecule has 0 heterocycles. The molecule has 0 aliphatic carbocycles. The fraction of sp³-hybridized carbons (Fsp3) is 0.772. The number of nitrogens with one attached hydrogen (secondary N) is 1. The molecule has 0 aliphatic rings. The van der Waals surface area contributed by atoms with Gasteiger partial charge in [0.25, 0.3) is 0 Å². The number of unbranched alkanes of at least 4 members (excludes halogenated alkanes) is 16. The van der Waals surface area contributed by atoms with Crippen LogP contribution in [0.5, 0.6) is 11.5 Å². The predicted octanol–water partition coefficient (Wildman–Crippen LogP) is 17.6. The lowest BCUT2D eigenvalue weighted by Crippen LogP contribution is -2.47. The van der Waals surface area contributed by atoms with Crippen LogP contribution in [0.15, 0.2) is 48.5 Å². The first-order chi connectivity index (χ1) is 31.0. The van der Waals surface area contributed by atoms with E-state index in [1.54, 1.807) is 0 Å². The van der Waals surface area contributed by atoms with E-state index in [-0.39, 0.29) is 5.91 Å². The predicted molar refractivity (Wildman–Crippen MR) is 286 cm³/mol. The second kappa shape index (κ2) is 31.8. The minimum atomic E-state index is -1.72. The van der Waals surface area contributed by atoms with Crippen LogP contribution in [0.1, 0.15) is 230 Å². The molecule has 1 amide bonds. The van der Waals surface area contributed by atoms with Crippen LogP contribution in [0.25, 0.3) is 0 Å². The van der Waals surface area contributed by atoms with Gasteiger partial charge in [-0.2, -0.15) is 0 Å². The van der Waals surface area contributed by atoms with Gasteiger partial charge in [0.05, 0.1) is 18.8 Å². The van der Waals surface area contributed by atoms with Gasteiger partial charge < -0.3 is 23.6 Å². The van der Waals surface area contributed by atoms with Crippen molar-refractivity contribution in [2.24, 2.45) is 0 Å². The zero-order valence-electron chi connectivity index (χ0n) is 44.9. The lowest BCUT2D eigenvalue weighted by Gasteiger charge is -2.42. The molecule has 6 nitrogen and oxygen atoms in total. The number of carbonyl (C=O) groups is 1. The SMILES string of the molecule is CCC(=O)NC(C)(c1ccc(OCCCCCCCCCCCO[Si](C(C)C)(C(C)C)C(C)C)cc1)c1ccc(OCCCCCCCCCCCO[Si](C(C)C)(C(C)C)C(C)C)cc1. The van der Waals surface area contributed by atoms with Gasteiger partial charge in [-0.25, -0.2) is 0 Å². The maximum atomic E-state index is 12.8. The van der Waals surface area contributed by atoms with E-state index in [2.05, 4.69) is 120 Å². The molecule has 0 spiro atoms. The van der Waals surface area contributed by atoms with Gasteiger partial charge in [-0.3, -0.25) is 4.79 Å². The molecular weight excluding hydrogens is 835 g/mol. The topological polar surface area (TPSA) is 66.0 Å². The number of carbonyl (C=O) groups excluding carboxylic acids is 1. The van der Waals surface area contributed by atoms with E-state index in [1.807, 2.05) is 31.2 Å². The third-order valence-corrected chi connectivity index (χ3v) is 27.0. The second-order valence-corrected chi connectivity index (χ2v) is 32.4. The lowest BCUT2D eigenvalue weighted by molar-refractivity contribution is -0.122. The Labute approximate surface area is 404 Å². The van der Waals surface area contributed by atoms with Crippen LogP contribution in [0.2, 0.25) is 33.2 Å². The Balaban J connectivity index is 1.65. The molecule has 0 aliphatic heterocycles. The molecule has 2 aromatic rings. The smallest absolute Gasteiger partial charge is 0.220 e. The highest BCUT2D eigenvalue weighted by Crippen LogP contribution is 2.43. The molecule has 65 heavy (non-hydrogen) atoms. The average Bonchev–Trinajstić information content (AvgIpc) is 3.26. The fourth-order valence-corrected chi connectivity index (χ4v) is 22.2. The van der Waals surface area contributed by atoms with E-state index in [9.17, 15) is 4.79 Å². The molecular formula is C57H103NO5Si2. The van der Waals surface area contributed by atoms with Gasteiger partial charge in [0.2, 0.25) is 5.91 Å². The quantitative estimate of drug-likeness (QED) is 0.0537. The molecule has 0 saturated heterocycles. The molecule has 0 fully saturated rings. The fourth-order valence-electron chi connectivity index (χ4n) is 11.2. The van der Waals surface area contributed by atoms with E-state index in [0.717, 1.165) is 61.9 Å². The zero-order valence-corrected chi connectivity index (χ0v) is 46.9. The van der Waals surface area contributed by atoms with Gasteiger partial charge >= 0.3 is 0 Å². The van der Waals surface area contributed by atoms with Crippen molar-refractivity contribution in [3.63, 3.8) is 0 Å². The van der Waals surface area contributed by atoms with Gasteiger partial charge in [0, 0.05) is 19.6 Å². The van der Waals surface area contributed by atoms with Crippen molar-refractivity contribution in [1.29, 1.82) is 0 Å². The van der Waals surface area contributed by atoms with Crippen LogP contribution in [0.4, 0.5) is 0 Å². The lowest BCUT2D eigenvalue weighted by atomic mass is 9.84. The summed E-state index contributed by atoms with van der Waals surface area (Å²) in [6.07, 6.45) is 23.0. The summed E-state index contributed by atoms with van der Waals surface area (Å²) >= 11 is 0. The first-order valence-electron chi connectivity index (χ1n) is 27.0. The Morgan fingerprint density at radius 2 is 0.677 bits per heavy atom. The minimum Gasteiger partial charge on any atom is -0.494 e. The Bertz CT molecular complexity index is 1360. The van der Waals surface area contributed by atoms with Crippen LogP contribution >= 0.6 is 0 Å². The van der Waals surface area contributed by atoms with Crippen molar-refractivity contribution in [2.75, 3.05) is 26.4 Å². The summed E-state index contributed by atoms with van der Waals surface area (Å²) in [5.74, 6) is 1.77. The molecule has 0 atom stereocenters. The van der Waals surface area contributed by atoms with E-state index < -0.39 is 22.2 Å². The van der Waals surface area contributed by atoms with Crippen molar-refractivity contribution in [2.45, 2.75) is 258 Å². The van der Waals surface area contributed by atoms with Crippen LogP contribution in [-0.2, 0) is 19.2 Å². The van der Waals surface area contributed by atoms with E-state index in [0.29, 0.717) is 39.7 Å². The summed E-state index contributed by atoms with van der Waals surface area (Å²) in [4.78, 5) is 12.8. The molecule has 0 aromatic heterocycles. The molecule has 0 bridgehead atoms. The average molecular weight is 939 g/mol. The highest BCUT2D eigenvalue weighted by Gasteiger charge is 2.45. The number of rotatable bonds is 38. The Morgan fingerprint density at radius 1 is 0.431 bits per heavy atom. The summed E-state index contributed by atoms with van der Waals surface area (Å²) in [5.41, 5.74) is 5.37. The van der Waals surface area contributed by atoms with Crippen LogP contribution in [-0.4, -0.2) is 49.0 Å². The molecule has 2 aromatic carbocycles. The zero-order chi connectivity index (χ0) is 48.3. The number of ether oxygens (including phenoxy) is 2. The highest BCUT2D eigenvalue weighted by molar-refractivity contribution is 6.78. The molecule has 0 unspecified atom stereocenters.